The Morgan fingerprint density at radius 2 is 1.87 bits per heavy atom. The highest BCUT2D eigenvalue weighted by Crippen LogP contribution is 2.59. The lowest BCUT2D eigenvalue weighted by molar-refractivity contribution is -0.00692. The molecule has 4 unspecified atom stereocenters. The van der Waals surface area contributed by atoms with E-state index in [1.54, 1.807) is 0 Å². The summed E-state index contributed by atoms with van der Waals surface area (Å²) < 4.78 is 0. The fourth-order valence-electron chi connectivity index (χ4n) is 6.49. The highest BCUT2D eigenvalue weighted by Gasteiger charge is 2.49. The lowest BCUT2D eigenvalue weighted by atomic mass is 9.61. The fourth-order valence-corrected chi connectivity index (χ4v) is 6.49. The van der Waals surface area contributed by atoms with Crippen LogP contribution < -0.4 is 0 Å². The highest BCUT2D eigenvalue weighted by molar-refractivity contribution is 5.38. The van der Waals surface area contributed by atoms with Gasteiger partial charge in [-0.15, -0.1) is 0 Å². The van der Waals surface area contributed by atoms with Crippen LogP contribution in [0.15, 0.2) is 35.5 Å². The Kier molecular flexibility index (Phi) is 7.61. The van der Waals surface area contributed by atoms with E-state index in [-0.39, 0.29) is 0 Å². The molecule has 0 spiro atoms. The van der Waals surface area contributed by atoms with Crippen LogP contribution in [0.1, 0.15) is 92.4 Å². The number of fused-ring (bicyclic) bond motifs is 1. The number of rotatable bonds is 6. The van der Waals surface area contributed by atoms with Gasteiger partial charge in [0.2, 0.25) is 0 Å². The Morgan fingerprint density at radius 3 is 2.55 bits per heavy atom. The summed E-state index contributed by atoms with van der Waals surface area (Å²) in [6, 6.07) is 0. The minimum absolute atomic E-state index is 0.297. The Hall–Kier alpha value is -0.900. The molecule has 0 aromatic heterocycles. The fraction of sp³-hybridized carbons (Fsp3) is 0.786. The van der Waals surface area contributed by atoms with Crippen molar-refractivity contribution in [3.8, 4) is 0 Å². The molecule has 0 bridgehead atoms. The third kappa shape index (κ3) is 5.37. The van der Waals surface area contributed by atoms with E-state index in [9.17, 15) is 15.3 Å². The van der Waals surface area contributed by atoms with Gasteiger partial charge in [0.15, 0.2) is 0 Å². The van der Waals surface area contributed by atoms with Crippen molar-refractivity contribution in [1.29, 1.82) is 0 Å². The summed E-state index contributed by atoms with van der Waals surface area (Å²) in [7, 11) is 0. The van der Waals surface area contributed by atoms with E-state index >= 15 is 0 Å². The van der Waals surface area contributed by atoms with Crippen molar-refractivity contribution in [1.82, 2.24) is 0 Å². The molecule has 0 aromatic rings. The van der Waals surface area contributed by atoms with Gasteiger partial charge in [-0.2, -0.15) is 0 Å². The van der Waals surface area contributed by atoms with Gasteiger partial charge in [-0.25, -0.2) is 0 Å². The molecule has 176 valence electrons. The van der Waals surface area contributed by atoms with Gasteiger partial charge < -0.3 is 15.3 Å². The first-order valence-corrected chi connectivity index (χ1v) is 12.6. The normalized spacial score (nSPS) is 39.7. The summed E-state index contributed by atoms with van der Waals surface area (Å²) in [4.78, 5) is 0. The molecular formula is C28H46O3. The molecule has 7 atom stereocenters. The zero-order chi connectivity index (χ0) is 23.0. The Morgan fingerprint density at radius 1 is 1.16 bits per heavy atom. The predicted molar refractivity (Wildman–Crippen MR) is 129 cm³/mol. The van der Waals surface area contributed by atoms with Crippen LogP contribution in [0.25, 0.3) is 0 Å². The van der Waals surface area contributed by atoms with Gasteiger partial charge in [-0.3, -0.25) is 0 Å². The first kappa shape index (κ1) is 24.7. The van der Waals surface area contributed by atoms with Crippen molar-refractivity contribution in [2.45, 2.75) is 110 Å². The van der Waals surface area contributed by atoms with Gasteiger partial charge >= 0.3 is 0 Å². The molecule has 3 nitrogen and oxygen atoms in total. The Balaban J connectivity index is 1.62. The minimum atomic E-state index is -0.614. The van der Waals surface area contributed by atoms with Crippen LogP contribution in [-0.4, -0.2) is 33.1 Å². The second kappa shape index (κ2) is 9.53. The summed E-state index contributed by atoms with van der Waals surface area (Å²) >= 11 is 0. The summed E-state index contributed by atoms with van der Waals surface area (Å²) in [6.07, 6.45) is 12.5. The van der Waals surface area contributed by atoms with E-state index in [1.807, 2.05) is 6.92 Å². The van der Waals surface area contributed by atoms with Crippen LogP contribution in [0, 0.1) is 29.1 Å². The van der Waals surface area contributed by atoms with Crippen molar-refractivity contribution in [2.75, 3.05) is 0 Å². The number of hydrogen-bond donors (Lipinski definition) is 3. The Bertz CT molecular complexity index is 716. The maximum absolute atomic E-state index is 10.7. The SMILES string of the molecule is C=C1/C(=C\C=C2/CCC3(C)C(CCC3[C@H](C)CC[C@@](C)(O)C(C)C)C2)C[C@@H](O)CC1O. The number of aliphatic hydroxyl groups is 3. The van der Waals surface area contributed by atoms with E-state index < -0.39 is 17.8 Å². The second-order valence-electron chi connectivity index (χ2n) is 11.8. The first-order chi connectivity index (χ1) is 14.4. The maximum Gasteiger partial charge on any atom is 0.0811 e. The lowest BCUT2D eigenvalue weighted by Crippen LogP contribution is -2.37. The number of allylic oxidation sites excluding steroid dienone is 3. The van der Waals surface area contributed by atoms with Gasteiger partial charge in [-0.05, 0) is 98.5 Å². The molecule has 0 radical (unpaired) electrons. The number of aliphatic hydroxyl groups excluding tert-OH is 2. The zero-order valence-corrected chi connectivity index (χ0v) is 20.5. The lowest BCUT2D eigenvalue weighted by Gasteiger charge is -2.44. The van der Waals surface area contributed by atoms with Gasteiger partial charge in [0.05, 0.1) is 17.8 Å². The van der Waals surface area contributed by atoms with Crippen LogP contribution in [0.2, 0.25) is 0 Å². The molecule has 3 N–H and O–H groups in total. The van der Waals surface area contributed by atoms with Crippen LogP contribution in [-0.2, 0) is 0 Å². The van der Waals surface area contributed by atoms with E-state index in [0.717, 1.165) is 42.2 Å². The van der Waals surface area contributed by atoms with Crippen LogP contribution in [0.4, 0.5) is 0 Å². The van der Waals surface area contributed by atoms with Gasteiger partial charge in [-0.1, -0.05) is 52.0 Å². The predicted octanol–water partition coefficient (Wildman–Crippen LogP) is 5.95. The highest BCUT2D eigenvalue weighted by atomic mass is 16.3. The van der Waals surface area contributed by atoms with Crippen LogP contribution in [0.5, 0.6) is 0 Å². The molecule has 0 heterocycles. The molecular weight excluding hydrogens is 384 g/mol. The summed E-state index contributed by atoms with van der Waals surface area (Å²) in [5.41, 5.74) is 3.13. The molecule has 3 aliphatic carbocycles. The smallest absolute Gasteiger partial charge is 0.0811 e. The van der Waals surface area contributed by atoms with E-state index in [0.29, 0.717) is 30.1 Å². The van der Waals surface area contributed by atoms with Crippen molar-refractivity contribution in [3.05, 3.63) is 35.5 Å². The maximum atomic E-state index is 10.7. The van der Waals surface area contributed by atoms with E-state index in [2.05, 4.69) is 46.4 Å². The largest absolute Gasteiger partial charge is 0.393 e. The van der Waals surface area contributed by atoms with Gasteiger partial charge in [0.1, 0.15) is 0 Å². The summed E-state index contributed by atoms with van der Waals surface area (Å²) in [5.74, 6) is 2.45. The Labute approximate surface area is 190 Å². The standard InChI is InChI=1S/C28H46O3/c1-18(2)28(6,31)14-11-19(3)25-10-9-23-15-21(12-13-27(23,25)5)7-8-22-16-24(29)17-26(30)20(22)4/h7-8,18-19,23-26,29-31H,4,9-17H2,1-3,5-6H3/b21-7+,22-8-/t19-,23?,24-,25?,26?,27?,28-/m1/s1. The first-order valence-electron chi connectivity index (χ1n) is 12.6. The monoisotopic (exact) mass is 430 g/mol. The molecule has 31 heavy (non-hydrogen) atoms. The molecule has 3 aliphatic rings. The van der Waals surface area contributed by atoms with Crippen LogP contribution in [0.3, 0.4) is 0 Å². The molecule has 3 heteroatoms. The molecule has 0 aromatic carbocycles. The van der Waals surface area contributed by atoms with Crippen molar-refractivity contribution in [2.24, 2.45) is 29.1 Å². The van der Waals surface area contributed by atoms with E-state index in [1.165, 1.54) is 31.3 Å². The minimum Gasteiger partial charge on any atom is -0.393 e. The number of hydrogen-bond acceptors (Lipinski definition) is 3. The molecule has 0 saturated heterocycles. The molecule has 3 rings (SSSR count). The zero-order valence-electron chi connectivity index (χ0n) is 20.5. The van der Waals surface area contributed by atoms with Crippen LogP contribution >= 0.6 is 0 Å². The second-order valence-corrected chi connectivity index (χ2v) is 11.8. The van der Waals surface area contributed by atoms with Gasteiger partial charge in [0, 0.05) is 6.42 Å². The average Bonchev–Trinajstić information content (AvgIpc) is 3.04. The average molecular weight is 431 g/mol. The molecule has 0 amide bonds. The topological polar surface area (TPSA) is 60.7 Å². The summed E-state index contributed by atoms with van der Waals surface area (Å²) in [6.45, 7) is 15.2. The van der Waals surface area contributed by atoms with Crippen molar-refractivity contribution < 1.29 is 15.3 Å². The van der Waals surface area contributed by atoms with Gasteiger partial charge in [0.25, 0.3) is 0 Å². The molecule has 3 fully saturated rings. The molecule has 0 aliphatic heterocycles. The summed E-state index contributed by atoms with van der Waals surface area (Å²) in [5, 5.41) is 30.8. The van der Waals surface area contributed by atoms with Crippen molar-refractivity contribution >= 4 is 0 Å². The van der Waals surface area contributed by atoms with E-state index in [4.69, 9.17) is 0 Å². The third-order valence-corrected chi connectivity index (χ3v) is 9.42. The molecule has 3 saturated carbocycles. The third-order valence-electron chi connectivity index (χ3n) is 9.42. The van der Waals surface area contributed by atoms with Crippen molar-refractivity contribution in [3.63, 3.8) is 0 Å². The quantitative estimate of drug-likeness (QED) is 0.488.